The molecule has 6 rings (SSSR count). The normalized spacial score (nSPS) is 54.8. The number of carbonyl (C=O) groups is 3. The molecule has 0 amide bonds. The molecule has 0 aromatic rings. The van der Waals surface area contributed by atoms with Gasteiger partial charge in [0.1, 0.15) is 24.6 Å². The van der Waals surface area contributed by atoms with Crippen LogP contribution in [0.25, 0.3) is 0 Å². The summed E-state index contributed by atoms with van der Waals surface area (Å²) in [6, 6.07) is 0. The Morgan fingerprint density at radius 1 is 0.826 bits per heavy atom. The maximum Gasteiger partial charge on any atom is 0.335 e. The first-order valence-electron chi connectivity index (χ1n) is 17.4. The first-order valence-corrected chi connectivity index (χ1v) is 17.4. The van der Waals surface area contributed by atoms with Gasteiger partial charge in [-0.1, -0.05) is 39.8 Å². The van der Waals surface area contributed by atoms with Gasteiger partial charge in [0, 0.05) is 0 Å². The van der Waals surface area contributed by atoms with Crippen LogP contribution < -0.4 is 0 Å². The van der Waals surface area contributed by atoms with Crippen LogP contribution in [-0.4, -0.2) is 80.6 Å². The minimum Gasteiger partial charge on any atom is -0.481 e. The highest BCUT2D eigenvalue weighted by Crippen LogP contribution is 2.77. The molecule has 0 radical (unpaired) electrons. The molecule has 10 heteroatoms. The van der Waals surface area contributed by atoms with E-state index in [4.69, 9.17) is 9.47 Å². The van der Waals surface area contributed by atoms with E-state index in [0.29, 0.717) is 18.8 Å². The first-order chi connectivity index (χ1) is 21.4. The van der Waals surface area contributed by atoms with Crippen molar-refractivity contribution in [1.82, 2.24) is 0 Å². The SMILES string of the molecule is C=C(C)C1CC[C@]2(C(=O)O)CC[C@]3(C)[C@H](CC[C@@H]4[C@@]5(C)CC[C@H](O[C@@H]6O[C@H](C(=O)O)[C@@H](O)[C@H](O)[C@H]6O)[C@@](C)(C=O)C5CC[C@]43C)C12. The van der Waals surface area contributed by atoms with Crippen LogP contribution in [0.2, 0.25) is 0 Å². The van der Waals surface area contributed by atoms with E-state index in [0.717, 1.165) is 63.2 Å². The van der Waals surface area contributed by atoms with Gasteiger partial charge in [0.15, 0.2) is 12.4 Å². The van der Waals surface area contributed by atoms with Gasteiger partial charge in [0.25, 0.3) is 0 Å². The molecule has 1 heterocycles. The van der Waals surface area contributed by atoms with Crippen molar-refractivity contribution in [3.8, 4) is 0 Å². The van der Waals surface area contributed by atoms with Crippen LogP contribution >= 0.6 is 0 Å². The number of rotatable bonds is 6. The fourth-order valence-electron chi connectivity index (χ4n) is 12.9. The Morgan fingerprint density at radius 2 is 1.52 bits per heavy atom. The third-order valence-corrected chi connectivity index (χ3v) is 15.5. The van der Waals surface area contributed by atoms with E-state index in [1.54, 1.807) is 0 Å². The van der Waals surface area contributed by atoms with E-state index in [-0.39, 0.29) is 39.9 Å². The number of ether oxygens (including phenoxy) is 2. The Bertz CT molecular complexity index is 1290. The predicted octanol–water partition coefficient (Wildman–Crippen LogP) is 4.19. The van der Waals surface area contributed by atoms with Gasteiger partial charge in [0.05, 0.1) is 16.9 Å². The number of carboxylic acid groups (broad SMARTS) is 2. The summed E-state index contributed by atoms with van der Waals surface area (Å²) in [6.45, 7) is 15.5. The molecule has 6 aliphatic rings. The Kier molecular flexibility index (Phi) is 8.20. The van der Waals surface area contributed by atoms with Crippen molar-refractivity contribution >= 4 is 18.2 Å². The highest BCUT2D eigenvalue weighted by molar-refractivity contribution is 5.76. The zero-order chi connectivity index (χ0) is 33.8. The molecule has 0 aromatic carbocycles. The number of aldehydes is 1. The van der Waals surface area contributed by atoms with Gasteiger partial charge < -0.3 is 39.8 Å². The molecule has 258 valence electrons. The topological polar surface area (TPSA) is 171 Å². The number of carbonyl (C=O) groups excluding carboxylic acids is 1. The lowest BCUT2D eigenvalue weighted by Gasteiger charge is -2.72. The summed E-state index contributed by atoms with van der Waals surface area (Å²) in [4.78, 5) is 37.8. The standard InChI is InChI=1S/C36H54O10/c1-18(2)19-9-14-36(31(43)44)16-15-34(5)20(24(19)36)7-8-22-32(3)12-11-23(33(4,17-37)21(32)10-13-35(22,34)6)45-30-27(40)25(38)26(39)28(46-30)29(41)42/h17,19-28,30,38-40H,1,7-16H2,2-6H3,(H,41,42)(H,43,44)/t19?,20-,21?,22-,23+,24?,25+,26+,27-,28+,30-,32+,33+,34-,35-,36+/m1/s1. The fourth-order valence-corrected chi connectivity index (χ4v) is 12.9. The lowest BCUT2D eigenvalue weighted by Crippen LogP contribution is -2.68. The maximum atomic E-state index is 13.1. The van der Waals surface area contributed by atoms with Crippen molar-refractivity contribution in [2.24, 2.45) is 56.7 Å². The number of allylic oxidation sites excluding steroid dienone is 1. The summed E-state index contributed by atoms with van der Waals surface area (Å²) in [6.07, 6.45) is -0.239. The Hall–Kier alpha value is -1.85. The van der Waals surface area contributed by atoms with Crippen molar-refractivity contribution < 1.29 is 49.4 Å². The van der Waals surface area contributed by atoms with Crippen LogP contribution in [0.15, 0.2) is 12.2 Å². The van der Waals surface area contributed by atoms with Gasteiger partial charge in [0.2, 0.25) is 0 Å². The summed E-state index contributed by atoms with van der Waals surface area (Å²) in [5.74, 6) is -1.27. The maximum absolute atomic E-state index is 13.1. The molecule has 16 atom stereocenters. The Morgan fingerprint density at radius 3 is 2.13 bits per heavy atom. The zero-order valence-electron chi connectivity index (χ0n) is 28.0. The number of carboxylic acids is 2. The van der Waals surface area contributed by atoms with E-state index in [1.165, 1.54) is 0 Å². The van der Waals surface area contributed by atoms with Crippen LogP contribution in [0.5, 0.6) is 0 Å². The fraction of sp³-hybridized carbons (Fsp3) is 0.861. The highest BCUT2D eigenvalue weighted by atomic mass is 16.7. The average Bonchev–Trinajstić information content (AvgIpc) is 3.40. The van der Waals surface area contributed by atoms with Crippen molar-refractivity contribution in [2.75, 3.05) is 0 Å². The van der Waals surface area contributed by atoms with Crippen LogP contribution in [0.1, 0.15) is 98.8 Å². The lowest BCUT2D eigenvalue weighted by atomic mass is 9.32. The molecule has 6 fully saturated rings. The molecule has 0 bridgehead atoms. The molecule has 46 heavy (non-hydrogen) atoms. The van der Waals surface area contributed by atoms with Crippen molar-refractivity contribution in [3.05, 3.63) is 12.2 Å². The highest BCUT2D eigenvalue weighted by Gasteiger charge is 2.72. The number of aliphatic carboxylic acids is 2. The zero-order valence-corrected chi connectivity index (χ0v) is 28.0. The second-order valence-electron chi connectivity index (χ2n) is 17.0. The van der Waals surface area contributed by atoms with Gasteiger partial charge >= 0.3 is 11.9 Å². The quantitative estimate of drug-likeness (QED) is 0.160. The van der Waals surface area contributed by atoms with Gasteiger partial charge in [-0.3, -0.25) is 4.79 Å². The lowest BCUT2D eigenvalue weighted by molar-refractivity contribution is -0.323. The van der Waals surface area contributed by atoms with E-state index in [1.807, 2.05) is 6.92 Å². The van der Waals surface area contributed by atoms with E-state index < -0.39 is 59.6 Å². The minimum atomic E-state index is -1.82. The predicted molar refractivity (Wildman–Crippen MR) is 166 cm³/mol. The molecule has 3 unspecified atom stereocenters. The minimum absolute atomic E-state index is 0.0441. The van der Waals surface area contributed by atoms with Crippen LogP contribution in [-0.2, 0) is 23.9 Å². The molecule has 0 spiro atoms. The third-order valence-electron chi connectivity index (χ3n) is 15.5. The second kappa shape index (κ2) is 11.1. The molecule has 1 aliphatic heterocycles. The number of fused-ring (bicyclic) bond motifs is 7. The summed E-state index contributed by atoms with van der Waals surface area (Å²) in [5, 5.41) is 51.3. The van der Waals surface area contributed by atoms with Crippen molar-refractivity contribution in [3.63, 3.8) is 0 Å². The van der Waals surface area contributed by atoms with E-state index >= 15 is 0 Å². The number of aliphatic hydroxyl groups excluding tert-OH is 3. The van der Waals surface area contributed by atoms with Crippen LogP contribution in [0, 0.1) is 56.7 Å². The molecule has 10 nitrogen and oxygen atoms in total. The number of aliphatic hydroxyl groups is 3. The summed E-state index contributed by atoms with van der Waals surface area (Å²) in [7, 11) is 0. The third kappa shape index (κ3) is 4.35. The molecule has 5 N–H and O–H groups in total. The van der Waals surface area contributed by atoms with Crippen molar-refractivity contribution in [2.45, 2.75) is 136 Å². The molecule has 0 aromatic heterocycles. The second-order valence-corrected chi connectivity index (χ2v) is 17.0. The Labute approximate surface area is 271 Å². The summed E-state index contributed by atoms with van der Waals surface area (Å²) >= 11 is 0. The van der Waals surface area contributed by atoms with Crippen LogP contribution in [0.3, 0.4) is 0 Å². The molecule has 5 saturated carbocycles. The molecular weight excluding hydrogens is 592 g/mol. The van der Waals surface area contributed by atoms with Crippen LogP contribution in [0.4, 0.5) is 0 Å². The molecule has 5 aliphatic carbocycles. The average molecular weight is 647 g/mol. The van der Waals surface area contributed by atoms with Gasteiger partial charge in [-0.05, 0) is 117 Å². The molecule has 1 saturated heterocycles. The number of hydrogen-bond donors (Lipinski definition) is 5. The van der Waals surface area contributed by atoms with Gasteiger partial charge in [-0.25, -0.2) is 4.79 Å². The molecular formula is C36H54O10. The number of hydrogen-bond acceptors (Lipinski definition) is 8. The largest absolute Gasteiger partial charge is 0.481 e. The van der Waals surface area contributed by atoms with Gasteiger partial charge in [-0.15, -0.1) is 0 Å². The Balaban J connectivity index is 1.29. The van der Waals surface area contributed by atoms with E-state index in [2.05, 4.69) is 34.3 Å². The summed E-state index contributed by atoms with van der Waals surface area (Å²) in [5.41, 5.74) is -0.853. The smallest absolute Gasteiger partial charge is 0.335 e. The summed E-state index contributed by atoms with van der Waals surface area (Å²) < 4.78 is 11.7. The van der Waals surface area contributed by atoms with Crippen molar-refractivity contribution in [1.29, 1.82) is 0 Å². The van der Waals surface area contributed by atoms with E-state index in [9.17, 15) is 39.9 Å². The van der Waals surface area contributed by atoms with Gasteiger partial charge in [-0.2, -0.15) is 0 Å². The first kappa shape index (κ1) is 34.0. The monoisotopic (exact) mass is 646 g/mol.